The van der Waals surface area contributed by atoms with Crippen LogP contribution >= 0.6 is 0 Å². The van der Waals surface area contributed by atoms with E-state index in [0.717, 1.165) is 19.4 Å². The molecular weight excluding hydrogens is 174 g/mol. The van der Waals surface area contributed by atoms with Crippen LogP contribution in [0.25, 0.3) is 0 Å². The highest BCUT2D eigenvalue weighted by Crippen LogP contribution is 1.99. The third-order valence-corrected chi connectivity index (χ3v) is 2.18. The van der Waals surface area contributed by atoms with Crippen LogP contribution in [0.3, 0.4) is 0 Å². The van der Waals surface area contributed by atoms with Crippen LogP contribution in [0, 0.1) is 0 Å². The van der Waals surface area contributed by atoms with Gasteiger partial charge in [-0.05, 0) is 25.7 Å². The third kappa shape index (κ3) is 11.5. The summed E-state index contributed by atoms with van der Waals surface area (Å²) in [5.41, 5.74) is 0. The van der Waals surface area contributed by atoms with Crippen molar-refractivity contribution in [3.63, 3.8) is 0 Å². The van der Waals surface area contributed by atoms with Crippen LogP contribution < -0.4 is 0 Å². The van der Waals surface area contributed by atoms with E-state index in [1.54, 1.807) is 0 Å². The van der Waals surface area contributed by atoms with Gasteiger partial charge in [-0.15, -0.1) is 0 Å². The molecule has 0 spiro atoms. The summed E-state index contributed by atoms with van der Waals surface area (Å²) in [6.07, 6.45) is 11.7. The van der Waals surface area contributed by atoms with Crippen LogP contribution in [0.15, 0.2) is 5.16 Å². The molecule has 0 N–H and O–H groups in total. The summed E-state index contributed by atoms with van der Waals surface area (Å²) in [5, 5.41) is 3.92. The summed E-state index contributed by atoms with van der Waals surface area (Å²) >= 11 is 0. The molecule has 0 atom stereocenters. The molecule has 0 amide bonds. The molecule has 0 aliphatic heterocycles. The predicted molar refractivity (Wildman–Crippen MR) is 62.7 cm³/mol. The van der Waals surface area contributed by atoms with Gasteiger partial charge >= 0.3 is 0 Å². The van der Waals surface area contributed by atoms with Crippen molar-refractivity contribution < 1.29 is 4.84 Å². The maximum absolute atomic E-state index is 5.13. The number of hydrogen-bond acceptors (Lipinski definition) is 2. The van der Waals surface area contributed by atoms with Crippen LogP contribution in [0.2, 0.25) is 0 Å². The van der Waals surface area contributed by atoms with Gasteiger partial charge in [-0.2, -0.15) is 0 Å². The van der Waals surface area contributed by atoms with Gasteiger partial charge in [-0.3, -0.25) is 0 Å². The van der Waals surface area contributed by atoms with Crippen molar-refractivity contribution in [1.82, 2.24) is 0 Å². The highest BCUT2D eigenvalue weighted by molar-refractivity contribution is 5.56. The number of hydrogen-bond donors (Lipinski definition) is 0. The van der Waals surface area contributed by atoms with Gasteiger partial charge in [-0.1, -0.05) is 44.7 Å². The lowest BCUT2D eigenvalue weighted by atomic mass is 10.2. The molecule has 84 valence electrons. The minimum atomic E-state index is 0.782. The van der Waals surface area contributed by atoms with E-state index in [2.05, 4.69) is 19.0 Å². The van der Waals surface area contributed by atoms with E-state index in [-0.39, 0.29) is 0 Å². The summed E-state index contributed by atoms with van der Waals surface area (Å²) in [7, 11) is 0. The Balaban J connectivity index is 2.96. The number of unbranched alkanes of at least 4 members (excludes halogenated alkanes) is 6. The normalized spacial score (nSPS) is 11.0. The smallest absolute Gasteiger partial charge is 0.117 e. The van der Waals surface area contributed by atoms with Crippen molar-refractivity contribution in [3.8, 4) is 0 Å². The molecular formula is C12H25NO. The molecule has 0 aromatic carbocycles. The maximum Gasteiger partial charge on any atom is 0.117 e. The van der Waals surface area contributed by atoms with Crippen LogP contribution in [0.4, 0.5) is 0 Å². The second-order valence-electron chi connectivity index (χ2n) is 3.68. The molecule has 0 aliphatic rings. The average Bonchev–Trinajstić information content (AvgIpc) is 2.21. The van der Waals surface area contributed by atoms with Crippen molar-refractivity contribution >= 4 is 6.21 Å². The Kier molecular flexibility index (Phi) is 12.0. The largest absolute Gasteiger partial charge is 0.396 e. The van der Waals surface area contributed by atoms with Gasteiger partial charge in [0.2, 0.25) is 0 Å². The zero-order valence-electron chi connectivity index (χ0n) is 9.80. The van der Waals surface area contributed by atoms with Gasteiger partial charge in [0.1, 0.15) is 6.61 Å². The second kappa shape index (κ2) is 12.5. The topological polar surface area (TPSA) is 21.6 Å². The molecule has 0 unspecified atom stereocenters. The fourth-order valence-electron chi connectivity index (χ4n) is 1.24. The third-order valence-electron chi connectivity index (χ3n) is 2.18. The van der Waals surface area contributed by atoms with Gasteiger partial charge < -0.3 is 4.84 Å². The monoisotopic (exact) mass is 199 g/mol. The van der Waals surface area contributed by atoms with Crippen LogP contribution in [0.1, 0.15) is 65.2 Å². The highest BCUT2D eigenvalue weighted by Gasteiger charge is 1.87. The number of nitrogens with zero attached hydrogens (tertiary/aromatic N) is 1. The van der Waals surface area contributed by atoms with E-state index in [1.807, 2.05) is 6.21 Å². The van der Waals surface area contributed by atoms with Gasteiger partial charge in [0.25, 0.3) is 0 Å². The van der Waals surface area contributed by atoms with E-state index < -0.39 is 0 Å². The first kappa shape index (κ1) is 13.5. The first-order valence-electron chi connectivity index (χ1n) is 6.05. The Morgan fingerprint density at radius 1 is 0.929 bits per heavy atom. The first-order valence-corrected chi connectivity index (χ1v) is 6.05. The van der Waals surface area contributed by atoms with Gasteiger partial charge in [0.05, 0.1) is 0 Å². The molecule has 14 heavy (non-hydrogen) atoms. The fraction of sp³-hybridized carbons (Fsp3) is 0.917. The lowest BCUT2D eigenvalue weighted by Gasteiger charge is -1.98. The SMILES string of the molecule is CCCCCC=NOCCCCCC. The minimum absolute atomic E-state index is 0.782. The molecule has 0 aromatic rings. The Bertz CT molecular complexity index is 123. The van der Waals surface area contributed by atoms with Crippen molar-refractivity contribution in [1.29, 1.82) is 0 Å². The molecule has 0 aliphatic carbocycles. The quantitative estimate of drug-likeness (QED) is 0.294. The number of oxime groups is 1. The van der Waals surface area contributed by atoms with Gasteiger partial charge in [0, 0.05) is 6.21 Å². The Morgan fingerprint density at radius 3 is 2.36 bits per heavy atom. The lowest BCUT2D eigenvalue weighted by molar-refractivity contribution is 0.140. The standard InChI is InChI=1S/C12H25NO/c1-3-5-7-9-11-13-14-12-10-8-6-4-2/h11H,3-10,12H2,1-2H3. The Morgan fingerprint density at radius 2 is 1.64 bits per heavy atom. The molecule has 0 fully saturated rings. The number of rotatable bonds is 10. The van der Waals surface area contributed by atoms with Crippen LogP contribution in [0.5, 0.6) is 0 Å². The molecule has 0 saturated carbocycles. The van der Waals surface area contributed by atoms with E-state index in [4.69, 9.17) is 4.84 Å². The minimum Gasteiger partial charge on any atom is -0.396 e. The molecule has 0 saturated heterocycles. The summed E-state index contributed by atoms with van der Waals surface area (Å²) in [6, 6.07) is 0. The Hall–Kier alpha value is -0.530. The van der Waals surface area contributed by atoms with Crippen molar-refractivity contribution in [2.45, 2.75) is 65.2 Å². The average molecular weight is 199 g/mol. The van der Waals surface area contributed by atoms with Crippen LogP contribution in [-0.4, -0.2) is 12.8 Å². The summed E-state index contributed by atoms with van der Waals surface area (Å²) in [6.45, 7) is 5.21. The van der Waals surface area contributed by atoms with E-state index >= 15 is 0 Å². The molecule has 2 nitrogen and oxygen atoms in total. The molecule has 0 radical (unpaired) electrons. The lowest BCUT2D eigenvalue weighted by Crippen LogP contribution is -1.88. The second-order valence-corrected chi connectivity index (χ2v) is 3.68. The molecule has 0 heterocycles. The molecule has 0 aromatic heterocycles. The summed E-state index contributed by atoms with van der Waals surface area (Å²) in [4.78, 5) is 5.13. The Labute approximate surface area is 88.7 Å². The first-order chi connectivity index (χ1) is 6.91. The van der Waals surface area contributed by atoms with Crippen LogP contribution in [-0.2, 0) is 4.84 Å². The van der Waals surface area contributed by atoms with E-state index in [0.29, 0.717) is 0 Å². The van der Waals surface area contributed by atoms with Gasteiger partial charge in [0.15, 0.2) is 0 Å². The van der Waals surface area contributed by atoms with E-state index in [9.17, 15) is 0 Å². The predicted octanol–water partition coefficient (Wildman–Crippen LogP) is 4.15. The molecule has 0 bridgehead atoms. The van der Waals surface area contributed by atoms with E-state index in [1.165, 1.54) is 38.5 Å². The summed E-state index contributed by atoms with van der Waals surface area (Å²) < 4.78 is 0. The zero-order chi connectivity index (χ0) is 10.5. The maximum atomic E-state index is 5.13. The van der Waals surface area contributed by atoms with Crippen molar-refractivity contribution in [2.75, 3.05) is 6.61 Å². The van der Waals surface area contributed by atoms with Crippen molar-refractivity contribution in [2.24, 2.45) is 5.16 Å². The van der Waals surface area contributed by atoms with Gasteiger partial charge in [-0.25, -0.2) is 0 Å². The molecule has 2 heteroatoms. The fourth-order valence-corrected chi connectivity index (χ4v) is 1.24. The zero-order valence-corrected chi connectivity index (χ0v) is 9.80. The summed E-state index contributed by atoms with van der Waals surface area (Å²) in [5.74, 6) is 0. The highest BCUT2D eigenvalue weighted by atomic mass is 16.6. The van der Waals surface area contributed by atoms with Crippen molar-refractivity contribution in [3.05, 3.63) is 0 Å². The molecule has 0 rings (SSSR count).